The molecule has 0 bridgehead atoms. The fourth-order valence-electron chi connectivity index (χ4n) is 1.65. The lowest BCUT2D eigenvalue weighted by atomic mass is 10.0. The van der Waals surface area contributed by atoms with E-state index in [4.69, 9.17) is 0 Å². The van der Waals surface area contributed by atoms with Crippen LogP contribution in [0.5, 0.6) is 0 Å². The molecule has 0 aliphatic rings. The number of benzene rings is 1. The average molecular weight is 249 g/mol. The standard InChI is InChI=1S/C15H24N2O/c1-12(2)13-7-6-8-14(11-13)15(18)16-9-10-17(3,4)5/h6-8,11-12H,9-10H2,1-5H3/p+1. The van der Waals surface area contributed by atoms with E-state index in [1.807, 2.05) is 18.2 Å². The third-order valence-electron chi connectivity index (χ3n) is 2.88. The molecule has 3 heteroatoms. The minimum atomic E-state index is 0.0194. The van der Waals surface area contributed by atoms with Gasteiger partial charge in [-0.3, -0.25) is 4.79 Å². The average Bonchev–Trinajstić information content (AvgIpc) is 2.27. The Morgan fingerprint density at radius 1 is 1.28 bits per heavy atom. The van der Waals surface area contributed by atoms with Gasteiger partial charge in [-0.1, -0.05) is 26.0 Å². The first-order valence-corrected chi connectivity index (χ1v) is 6.48. The number of likely N-dealkylation sites (N-methyl/N-ethyl adjacent to an activating group) is 1. The van der Waals surface area contributed by atoms with Gasteiger partial charge in [-0.2, -0.15) is 0 Å². The zero-order valence-corrected chi connectivity index (χ0v) is 12.2. The van der Waals surface area contributed by atoms with Crippen LogP contribution in [0.3, 0.4) is 0 Å². The highest BCUT2D eigenvalue weighted by Gasteiger charge is 2.10. The van der Waals surface area contributed by atoms with Crippen LogP contribution in [0.15, 0.2) is 24.3 Å². The molecule has 0 saturated heterocycles. The highest BCUT2D eigenvalue weighted by atomic mass is 16.1. The molecule has 0 fully saturated rings. The van der Waals surface area contributed by atoms with Gasteiger partial charge in [0.05, 0.1) is 34.2 Å². The van der Waals surface area contributed by atoms with E-state index in [2.05, 4.69) is 46.4 Å². The van der Waals surface area contributed by atoms with Gasteiger partial charge in [0.2, 0.25) is 0 Å². The van der Waals surface area contributed by atoms with Crippen LogP contribution in [0.25, 0.3) is 0 Å². The van der Waals surface area contributed by atoms with Crippen molar-refractivity contribution < 1.29 is 9.28 Å². The largest absolute Gasteiger partial charge is 0.346 e. The number of nitrogens with zero attached hydrogens (tertiary/aromatic N) is 1. The van der Waals surface area contributed by atoms with Crippen molar-refractivity contribution in [3.8, 4) is 0 Å². The lowest BCUT2D eigenvalue weighted by Crippen LogP contribution is -2.41. The van der Waals surface area contributed by atoms with Gasteiger partial charge in [0.15, 0.2) is 0 Å². The number of nitrogens with one attached hydrogen (secondary N) is 1. The van der Waals surface area contributed by atoms with Gasteiger partial charge < -0.3 is 9.80 Å². The third kappa shape index (κ3) is 4.88. The first-order chi connectivity index (χ1) is 8.29. The number of quaternary nitrogens is 1. The number of rotatable bonds is 5. The summed E-state index contributed by atoms with van der Waals surface area (Å²) in [5.74, 6) is 0.468. The van der Waals surface area contributed by atoms with E-state index in [0.29, 0.717) is 12.5 Å². The summed E-state index contributed by atoms with van der Waals surface area (Å²) < 4.78 is 0.853. The zero-order valence-electron chi connectivity index (χ0n) is 12.2. The quantitative estimate of drug-likeness (QED) is 0.797. The van der Waals surface area contributed by atoms with E-state index < -0.39 is 0 Å². The van der Waals surface area contributed by atoms with E-state index in [1.165, 1.54) is 5.56 Å². The van der Waals surface area contributed by atoms with Crippen LogP contribution in [-0.4, -0.2) is 44.6 Å². The van der Waals surface area contributed by atoms with Crippen LogP contribution in [0.2, 0.25) is 0 Å². The minimum absolute atomic E-state index is 0.0194. The SMILES string of the molecule is CC(C)c1cccc(C(=O)NCC[N+](C)(C)C)c1. The van der Waals surface area contributed by atoms with Crippen molar-refractivity contribution >= 4 is 5.91 Å². The number of hydrogen-bond donors (Lipinski definition) is 1. The Bertz CT molecular complexity index is 405. The van der Waals surface area contributed by atoms with Crippen molar-refractivity contribution in [2.45, 2.75) is 19.8 Å². The Balaban J connectivity index is 2.59. The number of carbonyl (C=O) groups is 1. The highest BCUT2D eigenvalue weighted by molar-refractivity contribution is 5.94. The van der Waals surface area contributed by atoms with Gasteiger partial charge in [0.25, 0.3) is 5.91 Å². The van der Waals surface area contributed by atoms with Crippen molar-refractivity contribution in [3.63, 3.8) is 0 Å². The summed E-state index contributed by atoms with van der Waals surface area (Å²) in [6.45, 7) is 5.89. The van der Waals surface area contributed by atoms with Crippen LogP contribution in [0.4, 0.5) is 0 Å². The lowest BCUT2D eigenvalue weighted by molar-refractivity contribution is -0.869. The van der Waals surface area contributed by atoms with Crippen molar-refractivity contribution in [3.05, 3.63) is 35.4 Å². The molecule has 0 heterocycles. The van der Waals surface area contributed by atoms with Gasteiger partial charge in [0.1, 0.15) is 0 Å². The van der Waals surface area contributed by atoms with Crippen molar-refractivity contribution in [1.29, 1.82) is 0 Å². The summed E-state index contributed by atoms with van der Waals surface area (Å²) in [7, 11) is 6.35. The maximum atomic E-state index is 12.0. The van der Waals surface area contributed by atoms with Crippen LogP contribution in [0.1, 0.15) is 35.7 Å². The molecular formula is C15H25N2O+. The van der Waals surface area contributed by atoms with E-state index in [0.717, 1.165) is 16.6 Å². The minimum Gasteiger partial charge on any atom is -0.346 e. The molecule has 1 amide bonds. The zero-order chi connectivity index (χ0) is 13.8. The summed E-state index contributed by atoms with van der Waals surface area (Å²) in [6, 6.07) is 7.86. The summed E-state index contributed by atoms with van der Waals surface area (Å²) in [5, 5.41) is 2.97. The monoisotopic (exact) mass is 249 g/mol. The number of amides is 1. The molecule has 18 heavy (non-hydrogen) atoms. The molecule has 0 aromatic heterocycles. The van der Waals surface area contributed by atoms with E-state index in [-0.39, 0.29) is 5.91 Å². The predicted molar refractivity (Wildman–Crippen MR) is 75.8 cm³/mol. The molecule has 1 aromatic carbocycles. The Hall–Kier alpha value is -1.35. The smallest absolute Gasteiger partial charge is 0.251 e. The molecule has 0 spiro atoms. The second kappa shape index (κ2) is 6.01. The highest BCUT2D eigenvalue weighted by Crippen LogP contribution is 2.15. The van der Waals surface area contributed by atoms with Gasteiger partial charge >= 0.3 is 0 Å². The van der Waals surface area contributed by atoms with Crippen molar-refractivity contribution in [2.24, 2.45) is 0 Å². The molecule has 0 saturated carbocycles. The summed E-state index contributed by atoms with van der Waals surface area (Å²) in [4.78, 5) is 12.0. The van der Waals surface area contributed by atoms with Crippen LogP contribution < -0.4 is 5.32 Å². The van der Waals surface area contributed by atoms with Crippen molar-refractivity contribution in [2.75, 3.05) is 34.2 Å². The molecule has 1 rings (SSSR count). The van der Waals surface area contributed by atoms with E-state index >= 15 is 0 Å². The van der Waals surface area contributed by atoms with Crippen LogP contribution >= 0.6 is 0 Å². The maximum absolute atomic E-state index is 12.0. The molecule has 0 unspecified atom stereocenters. The first kappa shape index (κ1) is 14.7. The summed E-state index contributed by atoms with van der Waals surface area (Å²) in [5.41, 5.74) is 1.96. The Morgan fingerprint density at radius 3 is 2.50 bits per heavy atom. The number of carbonyl (C=O) groups excluding carboxylic acids is 1. The van der Waals surface area contributed by atoms with E-state index in [9.17, 15) is 4.79 Å². The van der Waals surface area contributed by atoms with Gasteiger partial charge in [-0.15, -0.1) is 0 Å². The molecule has 100 valence electrons. The van der Waals surface area contributed by atoms with Gasteiger partial charge in [-0.05, 0) is 23.6 Å². The molecule has 0 radical (unpaired) electrons. The molecule has 0 aliphatic carbocycles. The van der Waals surface area contributed by atoms with Crippen LogP contribution in [-0.2, 0) is 0 Å². The molecule has 3 nitrogen and oxygen atoms in total. The molecule has 1 aromatic rings. The predicted octanol–water partition coefficient (Wildman–Crippen LogP) is 2.25. The second-order valence-electron chi connectivity index (χ2n) is 6.05. The summed E-state index contributed by atoms with van der Waals surface area (Å²) >= 11 is 0. The fourth-order valence-corrected chi connectivity index (χ4v) is 1.65. The Kier molecular flexibility index (Phi) is 4.91. The number of hydrogen-bond acceptors (Lipinski definition) is 1. The maximum Gasteiger partial charge on any atom is 0.251 e. The normalized spacial score (nSPS) is 11.7. The first-order valence-electron chi connectivity index (χ1n) is 6.48. The van der Waals surface area contributed by atoms with Crippen molar-refractivity contribution in [1.82, 2.24) is 5.32 Å². The topological polar surface area (TPSA) is 29.1 Å². The molecule has 0 aliphatic heterocycles. The fraction of sp³-hybridized carbons (Fsp3) is 0.533. The third-order valence-corrected chi connectivity index (χ3v) is 2.88. The summed E-state index contributed by atoms with van der Waals surface area (Å²) in [6.07, 6.45) is 0. The Morgan fingerprint density at radius 2 is 1.94 bits per heavy atom. The molecular weight excluding hydrogens is 224 g/mol. The van der Waals surface area contributed by atoms with Gasteiger partial charge in [-0.25, -0.2) is 0 Å². The molecule has 0 atom stereocenters. The second-order valence-corrected chi connectivity index (χ2v) is 6.05. The Labute approximate surface area is 110 Å². The molecule has 1 N–H and O–H groups in total. The lowest BCUT2D eigenvalue weighted by Gasteiger charge is -2.23. The van der Waals surface area contributed by atoms with E-state index in [1.54, 1.807) is 0 Å². The van der Waals surface area contributed by atoms with Gasteiger partial charge in [0, 0.05) is 5.56 Å². The van der Waals surface area contributed by atoms with Crippen LogP contribution in [0, 0.1) is 0 Å².